The van der Waals surface area contributed by atoms with Crippen molar-refractivity contribution in [1.29, 1.82) is 0 Å². The molecule has 0 aliphatic rings. The lowest BCUT2D eigenvalue weighted by atomic mass is 10.1. The molecule has 1 heterocycles. The number of hydrogen-bond acceptors (Lipinski definition) is 3. The van der Waals surface area contributed by atoms with E-state index < -0.39 is 0 Å². The van der Waals surface area contributed by atoms with E-state index >= 15 is 0 Å². The number of ether oxygens (including phenoxy) is 1. The van der Waals surface area contributed by atoms with Crippen LogP contribution in [0, 0.1) is 6.92 Å². The van der Waals surface area contributed by atoms with Gasteiger partial charge in [0.25, 0.3) is 11.5 Å². The molecule has 5 nitrogen and oxygen atoms in total. The molecule has 0 fully saturated rings. The second-order valence-corrected chi connectivity index (χ2v) is 8.11. The molecule has 0 spiro atoms. The Morgan fingerprint density at radius 2 is 1.73 bits per heavy atom. The summed E-state index contributed by atoms with van der Waals surface area (Å²) in [5, 5.41) is 0.953. The van der Waals surface area contributed by atoms with Crippen LogP contribution in [-0.4, -0.2) is 28.9 Å². The lowest BCUT2D eigenvalue weighted by molar-refractivity contribution is 0.0740. The van der Waals surface area contributed by atoms with Crippen LogP contribution in [0.2, 0.25) is 0 Å². The third-order valence-corrected chi connectivity index (χ3v) is 5.66. The van der Waals surface area contributed by atoms with Crippen LogP contribution in [0.3, 0.4) is 0 Å². The van der Waals surface area contributed by atoms with Crippen molar-refractivity contribution in [2.24, 2.45) is 0 Å². The number of aromatic amines is 1. The van der Waals surface area contributed by atoms with Crippen molar-refractivity contribution in [2.45, 2.75) is 26.8 Å². The first-order valence-corrected chi connectivity index (χ1v) is 11.2. The van der Waals surface area contributed by atoms with E-state index in [1.54, 1.807) is 17.0 Å². The fourth-order valence-electron chi connectivity index (χ4n) is 3.95. The summed E-state index contributed by atoms with van der Waals surface area (Å²) in [4.78, 5) is 31.2. The van der Waals surface area contributed by atoms with E-state index in [0.29, 0.717) is 36.4 Å². The number of carbonyl (C=O) groups is 1. The van der Waals surface area contributed by atoms with Crippen LogP contribution in [0.5, 0.6) is 5.75 Å². The number of H-pyrrole nitrogens is 1. The number of aromatic nitrogens is 1. The SMILES string of the molecule is CCOc1ccccc1C(=O)N(CCc1ccccc1)Cc1cc2cc(C)ccc2[nH]c1=O. The molecule has 0 unspecified atom stereocenters. The molecule has 5 heteroatoms. The number of carbonyl (C=O) groups excluding carboxylic acids is 1. The first kappa shape index (κ1) is 22.3. The van der Waals surface area contributed by atoms with Gasteiger partial charge in [0, 0.05) is 17.6 Å². The number of fused-ring (bicyclic) bond motifs is 1. The molecular weight excluding hydrogens is 412 g/mol. The van der Waals surface area contributed by atoms with E-state index in [0.717, 1.165) is 22.0 Å². The Bertz CT molecular complexity index is 1310. The average molecular weight is 441 g/mol. The van der Waals surface area contributed by atoms with Gasteiger partial charge in [0.15, 0.2) is 0 Å². The lowest BCUT2D eigenvalue weighted by Crippen LogP contribution is -2.34. The van der Waals surface area contributed by atoms with E-state index in [9.17, 15) is 9.59 Å². The summed E-state index contributed by atoms with van der Waals surface area (Å²) in [7, 11) is 0. The molecule has 4 aromatic rings. The van der Waals surface area contributed by atoms with Gasteiger partial charge in [-0.1, -0.05) is 54.1 Å². The Morgan fingerprint density at radius 1 is 0.970 bits per heavy atom. The average Bonchev–Trinajstić information content (AvgIpc) is 2.83. The van der Waals surface area contributed by atoms with Crippen LogP contribution < -0.4 is 10.3 Å². The summed E-state index contributed by atoms with van der Waals surface area (Å²) in [6.45, 7) is 5.08. The predicted molar refractivity (Wildman–Crippen MR) is 132 cm³/mol. The number of rotatable bonds is 8. The lowest BCUT2D eigenvalue weighted by Gasteiger charge is -2.24. The first-order chi connectivity index (χ1) is 16.0. The van der Waals surface area contributed by atoms with Crippen LogP contribution in [0.4, 0.5) is 0 Å². The Kier molecular flexibility index (Phi) is 6.89. The monoisotopic (exact) mass is 440 g/mol. The molecule has 168 valence electrons. The molecule has 33 heavy (non-hydrogen) atoms. The molecule has 1 N–H and O–H groups in total. The second kappa shape index (κ2) is 10.2. The van der Waals surface area contributed by atoms with Gasteiger partial charge >= 0.3 is 0 Å². The standard InChI is InChI=1S/C28H28N2O3/c1-3-33-26-12-8-7-11-24(26)28(32)30(16-15-21-9-5-4-6-10-21)19-23-18-22-17-20(2)13-14-25(22)29-27(23)31/h4-14,17-18H,3,15-16,19H2,1-2H3,(H,29,31). The number of pyridine rings is 1. The molecule has 4 rings (SSSR count). The minimum absolute atomic E-state index is 0.154. The number of amides is 1. The number of nitrogens with one attached hydrogen (secondary N) is 1. The Balaban J connectivity index is 1.68. The van der Waals surface area contributed by atoms with Gasteiger partial charge in [-0.05, 0) is 61.5 Å². The molecule has 1 amide bonds. The van der Waals surface area contributed by atoms with Gasteiger partial charge in [-0.15, -0.1) is 0 Å². The highest BCUT2D eigenvalue weighted by Crippen LogP contribution is 2.22. The zero-order chi connectivity index (χ0) is 23.2. The maximum Gasteiger partial charge on any atom is 0.257 e. The summed E-state index contributed by atoms with van der Waals surface area (Å²) >= 11 is 0. The summed E-state index contributed by atoms with van der Waals surface area (Å²) < 4.78 is 5.70. The summed E-state index contributed by atoms with van der Waals surface area (Å²) in [5.74, 6) is 0.400. The molecule has 0 radical (unpaired) electrons. The summed E-state index contributed by atoms with van der Waals surface area (Å²) in [6.07, 6.45) is 0.688. The fraction of sp³-hybridized carbons (Fsp3) is 0.214. The largest absolute Gasteiger partial charge is 0.493 e. The fourth-order valence-corrected chi connectivity index (χ4v) is 3.95. The number of benzene rings is 3. The molecule has 3 aromatic carbocycles. The van der Waals surface area contributed by atoms with Crippen molar-refractivity contribution in [3.63, 3.8) is 0 Å². The Labute approximate surface area is 193 Å². The molecule has 0 aliphatic carbocycles. The number of hydrogen-bond donors (Lipinski definition) is 1. The van der Waals surface area contributed by atoms with Crippen LogP contribution in [0.25, 0.3) is 10.9 Å². The number of para-hydroxylation sites is 1. The Hall–Kier alpha value is -3.86. The third kappa shape index (κ3) is 5.32. The van der Waals surface area contributed by atoms with Gasteiger partial charge in [-0.2, -0.15) is 0 Å². The highest BCUT2D eigenvalue weighted by atomic mass is 16.5. The van der Waals surface area contributed by atoms with Gasteiger partial charge in [-0.3, -0.25) is 9.59 Å². The highest BCUT2D eigenvalue weighted by Gasteiger charge is 2.21. The normalized spacial score (nSPS) is 10.8. The summed E-state index contributed by atoms with van der Waals surface area (Å²) in [5.41, 5.74) is 3.92. The molecule has 0 saturated carbocycles. The topological polar surface area (TPSA) is 62.4 Å². The van der Waals surface area contributed by atoms with E-state index in [-0.39, 0.29) is 18.0 Å². The zero-order valence-electron chi connectivity index (χ0n) is 19.0. The first-order valence-electron chi connectivity index (χ1n) is 11.2. The molecule has 0 saturated heterocycles. The minimum Gasteiger partial charge on any atom is -0.493 e. The van der Waals surface area contributed by atoms with E-state index in [4.69, 9.17) is 4.74 Å². The third-order valence-electron chi connectivity index (χ3n) is 5.66. The summed E-state index contributed by atoms with van der Waals surface area (Å²) in [6, 6.07) is 25.1. The van der Waals surface area contributed by atoms with E-state index in [1.807, 2.05) is 80.6 Å². The number of nitrogens with zero attached hydrogens (tertiary/aromatic N) is 1. The van der Waals surface area contributed by atoms with Crippen molar-refractivity contribution >= 4 is 16.8 Å². The second-order valence-electron chi connectivity index (χ2n) is 8.11. The van der Waals surface area contributed by atoms with Crippen molar-refractivity contribution in [1.82, 2.24) is 9.88 Å². The van der Waals surface area contributed by atoms with Gasteiger partial charge in [0.1, 0.15) is 5.75 Å². The highest BCUT2D eigenvalue weighted by molar-refractivity contribution is 5.97. The smallest absolute Gasteiger partial charge is 0.257 e. The van der Waals surface area contributed by atoms with Crippen LogP contribution in [-0.2, 0) is 13.0 Å². The van der Waals surface area contributed by atoms with Gasteiger partial charge in [0.05, 0.1) is 18.7 Å². The van der Waals surface area contributed by atoms with Gasteiger partial charge < -0.3 is 14.6 Å². The Morgan fingerprint density at radius 3 is 2.52 bits per heavy atom. The molecule has 0 bridgehead atoms. The maximum atomic E-state index is 13.6. The predicted octanol–water partition coefficient (Wildman–Crippen LogP) is 5.12. The van der Waals surface area contributed by atoms with Crippen LogP contribution >= 0.6 is 0 Å². The zero-order valence-corrected chi connectivity index (χ0v) is 19.0. The number of aryl methyl sites for hydroxylation is 1. The molecule has 1 aromatic heterocycles. The van der Waals surface area contributed by atoms with Crippen molar-refractivity contribution < 1.29 is 9.53 Å². The van der Waals surface area contributed by atoms with Crippen molar-refractivity contribution in [2.75, 3.05) is 13.2 Å². The van der Waals surface area contributed by atoms with Gasteiger partial charge in [-0.25, -0.2) is 0 Å². The van der Waals surface area contributed by atoms with Crippen molar-refractivity contribution in [3.8, 4) is 5.75 Å². The van der Waals surface area contributed by atoms with Gasteiger partial charge in [0.2, 0.25) is 0 Å². The van der Waals surface area contributed by atoms with Crippen LogP contribution in [0.1, 0.15) is 34.0 Å². The van der Waals surface area contributed by atoms with E-state index in [2.05, 4.69) is 4.98 Å². The minimum atomic E-state index is -0.179. The molecule has 0 atom stereocenters. The van der Waals surface area contributed by atoms with Crippen LogP contribution in [0.15, 0.2) is 83.7 Å². The quantitative estimate of drug-likeness (QED) is 0.414. The van der Waals surface area contributed by atoms with Crippen molar-refractivity contribution in [3.05, 3.63) is 111 Å². The van der Waals surface area contributed by atoms with E-state index in [1.165, 1.54) is 0 Å². The molecular formula is C28H28N2O3. The maximum absolute atomic E-state index is 13.6. The molecule has 0 aliphatic heterocycles.